The zero-order valence-electron chi connectivity index (χ0n) is 24.0. The molecule has 0 bridgehead atoms. The maximum absolute atomic E-state index is 13.9. The number of rotatable bonds is 9. The summed E-state index contributed by atoms with van der Waals surface area (Å²) in [6.07, 6.45) is 3.96. The minimum absolute atomic E-state index is 0. The van der Waals surface area contributed by atoms with Crippen LogP contribution in [0.5, 0.6) is 11.5 Å². The zero-order chi connectivity index (χ0) is 28.2. The fourth-order valence-corrected chi connectivity index (χ4v) is 5.80. The predicted molar refractivity (Wildman–Crippen MR) is 151 cm³/mol. The number of piperidine rings is 1. The van der Waals surface area contributed by atoms with Crippen LogP contribution >= 0.6 is 0 Å². The number of nitrogens with zero attached hydrogens (tertiary/aromatic N) is 4. The fourth-order valence-electron chi connectivity index (χ4n) is 4.98. The van der Waals surface area contributed by atoms with Gasteiger partial charge in [0, 0.05) is 30.9 Å². The topological polar surface area (TPSA) is 113 Å². The van der Waals surface area contributed by atoms with Gasteiger partial charge in [-0.25, -0.2) is 18.4 Å². The van der Waals surface area contributed by atoms with Gasteiger partial charge in [0.1, 0.15) is 11.5 Å². The minimum atomic E-state index is -4.62. The standard InChI is InChI=1S/C29H36N4O5S.Na/c1-20(2)24-11-7-12-25(21(3)4)26(24)38-39(35,36)32-27(34)29(22-9-6-10-23(19-22)37-5)13-17-33(18-14-29)28-30-15-8-16-31-28;/h6-12,15-16,19-21H,13-14,17-18H2,1-5H3,(H,32,34);/q;+1/p-1. The van der Waals surface area contributed by atoms with Crippen LogP contribution < -0.4 is 43.4 Å². The third kappa shape index (κ3) is 6.97. The second-order valence-corrected chi connectivity index (χ2v) is 11.5. The van der Waals surface area contributed by atoms with E-state index >= 15 is 0 Å². The van der Waals surface area contributed by atoms with Crippen molar-refractivity contribution in [3.05, 3.63) is 82.3 Å². The van der Waals surface area contributed by atoms with E-state index in [4.69, 9.17) is 8.92 Å². The van der Waals surface area contributed by atoms with Crippen molar-refractivity contribution in [2.24, 2.45) is 0 Å². The Morgan fingerprint density at radius 2 is 1.52 bits per heavy atom. The molecule has 2 heterocycles. The van der Waals surface area contributed by atoms with Crippen LogP contribution in [0.2, 0.25) is 0 Å². The number of anilines is 1. The van der Waals surface area contributed by atoms with E-state index in [2.05, 4.69) is 14.7 Å². The van der Waals surface area contributed by atoms with Gasteiger partial charge in [-0.1, -0.05) is 58.0 Å². The number of benzene rings is 2. The first kappa shape index (κ1) is 31.9. The molecule has 208 valence electrons. The van der Waals surface area contributed by atoms with Crippen LogP contribution in [0.15, 0.2) is 60.9 Å². The Bertz CT molecular complexity index is 1380. The average Bonchev–Trinajstić information content (AvgIpc) is 2.93. The molecule has 0 radical (unpaired) electrons. The summed E-state index contributed by atoms with van der Waals surface area (Å²) in [6, 6.07) is 14.4. The van der Waals surface area contributed by atoms with E-state index in [1.807, 2.05) is 56.9 Å². The molecule has 0 N–H and O–H groups in total. The number of para-hydroxylation sites is 1. The summed E-state index contributed by atoms with van der Waals surface area (Å²) in [6.45, 7) is 8.73. The summed E-state index contributed by atoms with van der Waals surface area (Å²) in [4.78, 5) is 24.5. The van der Waals surface area contributed by atoms with Crippen LogP contribution in [0.4, 0.5) is 5.95 Å². The first-order valence-corrected chi connectivity index (χ1v) is 14.4. The largest absolute Gasteiger partial charge is 1.00 e. The van der Waals surface area contributed by atoms with Crippen LogP contribution in [0.25, 0.3) is 4.72 Å². The molecule has 9 nitrogen and oxygen atoms in total. The number of hydrogen-bond acceptors (Lipinski definition) is 8. The van der Waals surface area contributed by atoms with E-state index in [0.717, 1.165) is 11.1 Å². The van der Waals surface area contributed by atoms with Crippen molar-refractivity contribution in [1.29, 1.82) is 0 Å². The van der Waals surface area contributed by atoms with Crippen LogP contribution in [0.1, 0.15) is 69.1 Å². The van der Waals surface area contributed by atoms with E-state index < -0.39 is 21.6 Å². The van der Waals surface area contributed by atoms with Gasteiger partial charge in [-0.3, -0.25) is 0 Å². The molecule has 0 atom stereocenters. The van der Waals surface area contributed by atoms with Gasteiger partial charge in [0.05, 0.1) is 13.0 Å². The monoisotopic (exact) mass is 574 g/mol. The van der Waals surface area contributed by atoms with Crippen LogP contribution in [-0.4, -0.2) is 44.5 Å². The quantitative estimate of drug-likeness (QED) is 0.359. The Morgan fingerprint density at radius 1 is 0.950 bits per heavy atom. The Balaban J connectivity index is 0.00000441. The molecule has 0 unspecified atom stereocenters. The smallest absolute Gasteiger partial charge is 0.512 e. The maximum Gasteiger partial charge on any atom is 1.00 e. The summed E-state index contributed by atoms with van der Waals surface area (Å²) in [5.41, 5.74) is 0.941. The fraction of sp³-hybridized carbons (Fsp3) is 0.414. The Hall–Kier alpha value is -2.66. The summed E-state index contributed by atoms with van der Waals surface area (Å²) >= 11 is 0. The Labute approximate surface area is 259 Å². The van der Waals surface area contributed by atoms with Crippen molar-refractivity contribution >= 4 is 22.2 Å². The summed E-state index contributed by atoms with van der Waals surface area (Å²) in [5, 5.41) is 0. The summed E-state index contributed by atoms with van der Waals surface area (Å²) < 4.78 is 41.4. The average molecular weight is 575 g/mol. The summed E-state index contributed by atoms with van der Waals surface area (Å²) in [7, 11) is -3.07. The molecule has 1 saturated heterocycles. The van der Waals surface area contributed by atoms with Crippen LogP contribution in [0.3, 0.4) is 0 Å². The second-order valence-electron chi connectivity index (χ2n) is 10.3. The molecular formula is C29H35N4NaO5S. The molecule has 1 aliphatic rings. The van der Waals surface area contributed by atoms with Gasteiger partial charge in [0.2, 0.25) is 5.95 Å². The molecule has 11 heteroatoms. The Kier molecular flexibility index (Phi) is 10.6. The molecule has 1 fully saturated rings. The van der Waals surface area contributed by atoms with Gasteiger partial charge in [-0.05, 0) is 59.6 Å². The molecule has 1 amide bonds. The number of ether oxygens (including phenoxy) is 1. The molecule has 3 aromatic rings. The second kappa shape index (κ2) is 13.3. The molecule has 0 aliphatic carbocycles. The molecule has 4 rings (SSSR count). The maximum atomic E-state index is 13.9. The van der Waals surface area contributed by atoms with Crippen molar-refractivity contribution in [3.8, 4) is 11.5 Å². The normalized spacial score (nSPS) is 14.9. The van der Waals surface area contributed by atoms with Gasteiger partial charge in [-0.15, -0.1) is 0 Å². The van der Waals surface area contributed by atoms with Crippen molar-refractivity contribution in [2.45, 2.75) is 57.8 Å². The molecule has 0 spiro atoms. The molecule has 2 aromatic carbocycles. The molecule has 1 aromatic heterocycles. The number of carbonyl (C=O) groups excluding carboxylic acids is 1. The number of amides is 1. The SMILES string of the molecule is COc1cccc(C2(C(=O)[N-]S(=O)(=O)Oc3c(C(C)C)cccc3C(C)C)CCN(c3ncccn3)CC2)c1.[Na+]. The number of hydrogen-bond donors (Lipinski definition) is 0. The van der Waals surface area contributed by atoms with Gasteiger partial charge in [0.15, 0.2) is 0 Å². The number of carbonyl (C=O) groups is 1. The van der Waals surface area contributed by atoms with E-state index in [1.165, 1.54) is 0 Å². The third-order valence-electron chi connectivity index (χ3n) is 7.19. The molecule has 1 aliphatic heterocycles. The van der Waals surface area contributed by atoms with Gasteiger partial charge >= 0.3 is 29.6 Å². The van der Waals surface area contributed by atoms with E-state index in [-0.39, 0.29) is 47.1 Å². The third-order valence-corrected chi connectivity index (χ3v) is 7.95. The van der Waals surface area contributed by atoms with Crippen LogP contribution in [-0.2, 0) is 20.5 Å². The van der Waals surface area contributed by atoms with Crippen molar-refractivity contribution in [3.63, 3.8) is 0 Å². The van der Waals surface area contributed by atoms with Crippen molar-refractivity contribution in [2.75, 3.05) is 25.1 Å². The molecule has 0 saturated carbocycles. The van der Waals surface area contributed by atoms with Crippen molar-refractivity contribution in [1.82, 2.24) is 9.97 Å². The van der Waals surface area contributed by atoms with Gasteiger partial charge < -0.3 is 23.3 Å². The zero-order valence-corrected chi connectivity index (χ0v) is 26.8. The Morgan fingerprint density at radius 3 is 2.08 bits per heavy atom. The minimum Gasteiger partial charge on any atom is -0.512 e. The summed E-state index contributed by atoms with van der Waals surface area (Å²) in [5.74, 6) is 0.626. The van der Waals surface area contributed by atoms with E-state index in [9.17, 15) is 13.2 Å². The van der Waals surface area contributed by atoms with Gasteiger partial charge in [0.25, 0.3) is 10.3 Å². The van der Waals surface area contributed by atoms with E-state index in [1.54, 1.807) is 43.8 Å². The van der Waals surface area contributed by atoms with E-state index in [0.29, 0.717) is 43.2 Å². The van der Waals surface area contributed by atoms with Crippen molar-refractivity contribution < 1.29 is 51.7 Å². The van der Waals surface area contributed by atoms with Crippen LogP contribution in [0, 0.1) is 0 Å². The molecular weight excluding hydrogens is 539 g/mol. The molecule has 40 heavy (non-hydrogen) atoms. The number of aromatic nitrogens is 2. The predicted octanol–water partition coefficient (Wildman–Crippen LogP) is 2.50. The first-order valence-electron chi connectivity index (χ1n) is 13.1. The first-order chi connectivity index (χ1) is 18.6. The number of methoxy groups -OCH3 is 1. The van der Waals surface area contributed by atoms with Gasteiger partial charge in [-0.2, -0.15) is 0 Å².